The van der Waals surface area contributed by atoms with Gasteiger partial charge in [0.05, 0.1) is 5.54 Å². The molecule has 0 radical (unpaired) electrons. The lowest BCUT2D eigenvalue weighted by Crippen LogP contribution is -2.69. The summed E-state index contributed by atoms with van der Waals surface area (Å²) in [6.07, 6.45) is 13.9. The Morgan fingerprint density at radius 1 is 0.750 bits per heavy atom. The molecule has 156 valence electrons. The molecule has 8 bridgehead atoms. The van der Waals surface area contributed by atoms with Gasteiger partial charge in [-0.2, -0.15) is 0 Å². The first-order chi connectivity index (χ1) is 13.1. The highest BCUT2D eigenvalue weighted by atomic mass is 15.2. The maximum Gasteiger partial charge on any atom is 0.189 e. The van der Waals surface area contributed by atoms with Gasteiger partial charge in [-0.3, -0.25) is 0 Å². The number of nitrogens with zero attached hydrogens (tertiary/aromatic N) is 1. The van der Waals surface area contributed by atoms with Gasteiger partial charge in [0.2, 0.25) is 0 Å². The van der Waals surface area contributed by atoms with Crippen LogP contribution in [0.4, 0.5) is 0 Å². The van der Waals surface area contributed by atoms with Crippen molar-refractivity contribution in [2.24, 2.45) is 57.1 Å². The topological polar surface area (TPSA) is 50.4 Å². The van der Waals surface area contributed by atoms with E-state index in [0.29, 0.717) is 22.7 Å². The number of hydrogen-bond acceptors (Lipinski definition) is 1. The van der Waals surface area contributed by atoms with Crippen molar-refractivity contribution < 1.29 is 0 Å². The molecule has 0 aromatic carbocycles. The minimum Gasteiger partial charge on any atom is -0.370 e. The summed E-state index contributed by atoms with van der Waals surface area (Å²) in [5.41, 5.74) is 8.10. The van der Waals surface area contributed by atoms with Crippen molar-refractivity contribution in [2.75, 3.05) is 0 Å². The fourth-order valence-corrected chi connectivity index (χ4v) is 10.6. The summed E-state index contributed by atoms with van der Waals surface area (Å²) >= 11 is 0. The Balaban J connectivity index is 1.31. The predicted molar refractivity (Wildman–Crippen MR) is 115 cm³/mol. The van der Waals surface area contributed by atoms with Gasteiger partial charge in [-0.1, -0.05) is 27.7 Å². The second-order valence-electron chi connectivity index (χ2n) is 13.2. The molecular weight excluding hydrogens is 342 g/mol. The van der Waals surface area contributed by atoms with E-state index in [4.69, 9.17) is 10.7 Å². The van der Waals surface area contributed by atoms with Crippen LogP contribution in [0.25, 0.3) is 0 Å². The molecule has 0 amide bonds. The molecule has 6 atom stereocenters. The molecule has 0 aromatic rings. The summed E-state index contributed by atoms with van der Waals surface area (Å²) < 4.78 is 0. The van der Waals surface area contributed by atoms with E-state index in [9.17, 15) is 0 Å². The monoisotopic (exact) mass is 383 g/mol. The first-order valence-electron chi connectivity index (χ1n) is 12.3. The third kappa shape index (κ3) is 2.25. The number of nitrogens with two attached hydrogens (primary N) is 1. The van der Waals surface area contributed by atoms with Crippen molar-refractivity contribution in [3.05, 3.63) is 0 Å². The summed E-state index contributed by atoms with van der Waals surface area (Å²) in [7, 11) is 0. The molecule has 8 aliphatic rings. The summed E-state index contributed by atoms with van der Waals surface area (Å²) in [6.45, 7) is 10.1. The van der Waals surface area contributed by atoms with Gasteiger partial charge in [-0.15, -0.1) is 0 Å². The standard InChI is InChI=1S/C25H41N3/c1-15-22(3)7-17-5-18(8-22)12-24(15,11-17)27-21(26)28-25-13-19-6-20(14-25)10-23(4,9-19)16(25)2/h15-20H,5-14H2,1-4H3,(H3,26,27,28). The number of hydrogen-bond donors (Lipinski definition) is 2. The van der Waals surface area contributed by atoms with Gasteiger partial charge < -0.3 is 11.1 Å². The predicted octanol–water partition coefficient (Wildman–Crippen LogP) is 5.10. The van der Waals surface area contributed by atoms with Crippen molar-refractivity contribution in [3.8, 4) is 0 Å². The Kier molecular flexibility index (Phi) is 3.42. The number of rotatable bonds is 2. The van der Waals surface area contributed by atoms with Gasteiger partial charge in [0.15, 0.2) is 5.96 Å². The Hall–Kier alpha value is -0.730. The quantitative estimate of drug-likeness (QED) is 0.515. The van der Waals surface area contributed by atoms with E-state index in [1.807, 2.05) is 0 Å². The first-order valence-corrected chi connectivity index (χ1v) is 12.3. The van der Waals surface area contributed by atoms with Gasteiger partial charge in [0.1, 0.15) is 0 Å². The zero-order chi connectivity index (χ0) is 19.5. The maximum atomic E-state index is 6.77. The van der Waals surface area contributed by atoms with Crippen LogP contribution in [-0.4, -0.2) is 17.0 Å². The van der Waals surface area contributed by atoms with Crippen LogP contribution < -0.4 is 11.1 Å². The molecule has 0 saturated heterocycles. The van der Waals surface area contributed by atoms with Gasteiger partial charge in [-0.25, -0.2) is 4.99 Å². The van der Waals surface area contributed by atoms with Crippen LogP contribution in [0, 0.1) is 46.3 Å². The molecule has 8 fully saturated rings. The zero-order valence-electron chi connectivity index (χ0n) is 18.6. The van der Waals surface area contributed by atoms with Gasteiger partial charge >= 0.3 is 0 Å². The van der Waals surface area contributed by atoms with Crippen molar-refractivity contribution in [1.29, 1.82) is 0 Å². The van der Waals surface area contributed by atoms with Crippen LogP contribution in [0.2, 0.25) is 0 Å². The molecule has 3 heteroatoms. The molecule has 0 aromatic heterocycles. The van der Waals surface area contributed by atoms with E-state index in [0.717, 1.165) is 29.6 Å². The third-order valence-corrected chi connectivity index (χ3v) is 11.4. The fourth-order valence-electron chi connectivity index (χ4n) is 10.6. The fraction of sp³-hybridized carbons (Fsp3) is 0.960. The minimum atomic E-state index is 0.116. The second kappa shape index (κ2) is 5.30. The number of aliphatic imine (C=N–C) groups is 1. The minimum absolute atomic E-state index is 0.116. The molecule has 0 heterocycles. The molecule has 8 aliphatic carbocycles. The van der Waals surface area contributed by atoms with Crippen molar-refractivity contribution in [3.63, 3.8) is 0 Å². The third-order valence-electron chi connectivity index (χ3n) is 11.4. The summed E-state index contributed by atoms with van der Waals surface area (Å²) in [4.78, 5) is 5.41. The van der Waals surface area contributed by atoms with Crippen molar-refractivity contribution in [1.82, 2.24) is 5.32 Å². The van der Waals surface area contributed by atoms with Crippen LogP contribution in [0.3, 0.4) is 0 Å². The molecule has 0 spiro atoms. The normalized spacial score (nSPS) is 61.8. The van der Waals surface area contributed by atoms with E-state index in [2.05, 4.69) is 33.0 Å². The summed E-state index contributed by atoms with van der Waals surface area (Å²) in [5, 5.41) is 3.94. The first kappa shape index (κ1) is 18.1. The Morgan fingerprint density at radius 3 is 1.75 bits per heavy atom. The van der Waals surface area contributed by atoms with E-state index >= 15 is 0 Å². The smallest absolute Gasteiger partial charge is 0.189 e. The molecule has 3 nitrogen and oxygen atoms in total. The molecule has 8 rings (SSSR count). The number of nitrogens with one attached hydrogen (secondary N) is 1. The highest BCUT2D eigenvalue weighted by molar-refractivity contribution is 5.79. The average Bonchev–Trinajstić information content (AvgIpc) is 2.55. The second-order valence-corrected chi connectivity index (χ2v) is 13.2. The molecule has 0 aliphatic heterocycles. The van der Waals surface area contributed by atoms with Gasteiger partial charge in [0.25, 0.3) is 0 Å². The average molecular weight is 384 g/mol. The number of guanidine groups is 1. The van der Waals surface area contributed by atoms with Gasteiger partial charge in [0, 0.05) is 5.54 Å². The molecule has 6 unspecified atom stereocenters. The largest absolute Gasteiger partial charge is 0.370 e. The molecular formula is C25H41N3. The zero-order valence-corrected chi connectivity index (χ0v) is 18.6. The van der Waals surface area contributed by atoms with Gasteiger partial charge in [-0.05, 0) is 111 Å². The van der Waals surface area contributed by atoms with Crippen molar-refractivity contribution >= 4 is 5.96 Å². The Labute approximate surface area is 171 Å². The maximum absolute atomic E-state index is 6.77. The lowest BCUT2D eigenvalue weighted by atomic mass is 9.43. The SMILES string of the molecule is CC1C2(C)CC3CC(C2)CC1(N=C(N)NC12CC4CC(CC(C)(C4)C1C)C2)C3. The Bertz CT molecular complexity index is 695. The molecule has 28 heavy (non-hydrogen) atoms. The Morgan fingerprint density at radius 2 is 1.21 bits per heavy atom. The van der Waals surface area contributed by atoms with Crippen molar-refractivity contribution in [2.45, 2.75) is 103 Å². The lowest BCUT2D eigenvalue weighted by Gasteiger charge is -2.66. The van der Waals surface area contributed by atoms with Crippen LogP contribution in [0.15, 0.2) is 4.99 Å². The molecule has 8 saturated carbocycles. The summed E-state index contributed by atoms with van der Waals surface area (Å²) in [5.74, 6) is 5.75. The highest BCUT2D eigenvalue weighted by Crippen LogP contribution is 2.66. The van der Waals surface area contributed by atoms with Crippen LogP contribution in [0.1, 0.15) is 91.9 Å². The van der Waals surface area contributed by atoms with E-state index in [1.54, 1.807) is 0 Å². The van der Waals surface area contributed by atoms with Crippen LogP contribution >= 0.6 is 0 Å². The van der Waals surface area contributed by atoms with Crippen LogP contribution in [0.5, 0.6) is 0 Å². The molecule has 3 N–H and O–H groups in total. The highest BCUT2D eigenvalue weighted by Gasteiger charge is 2.62. The van der Waals surface area contributed by atoms with E-state index in [1.165, 1.54) is 64.2 Å². The lowest BCUT2D eigenvalue weighted by molar-refractivity contribution is -0.115. The van der Waals surface area contributed by atoms with E-state index < -0.39 is 0 Å². The summed E-state index contributed by atoms with van der Waals surface area (Å²) in [6, 6.07) is 0. The van der Waals surface area contributed by atoms with E-state index in [-0.39, 0.29) is 11.1 Å². The van der Waals surface area contributed by atoms with Crippen LogP contribution in [-0.2, 0) is 0 Å².